The van der Waals surface area contributed by atoms with Crippen LogP contribution < -0.4 is 5.32 Å². The Kier molecular flexibility index (Phi) is 4.98. The second kappa shape index (κ2) is 7.46. The topological polar surface area (TPSA) is 92.8 Å². The van der Waals surface area contributed by atoms with Crippen LogP contribution >= 0.6 is 0 Å². The molecule has 3 amide bonds. The summed E-state index contributed by atoms with van der Waals surface area (Å²) in [7, 11) is 0. The number of ether oxygens (including phenoxy) is 1. The zero-order valence-corrected chi connectivity index (χ0v) is 16.4. The van der Waals surface area contributed by atoms with Gasteiger partial charge in [0.25, 0.3) is 5.91 Å². The summed E-state index contributed by atoms with van der Waals surface area (Å²) >= 11 is 0. The summed E-state index contributed by atoms with van der Waals surface area (Å²) in [6.45, 7) is 3.04. The minimum Gasteiger partial charge on any atom is -0.454 e. The van der Waals surface area contributed by atoms with E-state index in [-0.39, 0.29) is 41.4 Å². The predicted octanol–water partition coefficient (Wildman–Crippen LogP) is 2.00. The Labute approximate surface area is 169 Å². The molecular formula is C22H24N2O5. The average molecular weight is 396 g/mol. The van der Waals surface area contributed by atoms with Crippen LogP contribution in [0.15, 0.2) is 42.5 Å². The zero-order chi connectivity index (χ0) is 20.7. The van der Waals surface area contributed by atoms with Crippen LogP contribution in [0.2, 0.25) is 0 Å². The number of hydrogen-bond acceptors (Lipinski definition) is 5. The Morgan fingerprint density at radius 1 is 1.07 bits per heavy atom. The maximum Gasteiger partial charge on any atom is 0.330 e. The van der Waals surface area contributed by atoms with Crippen molar-refractivity contribution in [2.24, 2.45) is 29.6 Å². The number of carbonyl (C=O) groups is 4. The number of rotatable bonds is 6. The summed E-state index contributed by atoms with van der Waals surface area (Å²) in [5.41, 5.74) is 0.592. The van der Waals surface area contributed by atoms with E-state index in [4.69, 9.17) is 4.74 Å². The Morgan fingerprint density at radius 3 is 2.21 bits per heavy atom. The van der Waals surface area contributed by atoms with Gasteiger partial charge in [-0.25, -0.2) is 4.79 Å². The first-order valence-corrected chi connectivity index (χ1v) is 9.95. The van der Waals surface area contributed by atoms with Gasteiger partial charge in [-0.3, -0.25) is 19.3 Å². The molecule has 2 fully saturated rings. The van der Waals surface area contributed by atoms with E-state index < -0.39 is 24.5 Å². The zero-order valence-electron chi connectivity index (χ0n) is 16.4. The van der Waals surface area contributed by atoms with Crippen LogP contribution in [-0.2, 0) is 23.9 Å². The van der Waals surface area contributed by atoms with Crippen molar-refractivity contribution in [2.75, 3.05) is 11.9 Å². The van der Waals surface area contributed by atoms with Gasteiger partial charge in [0, 0.05) is 5.69 Å². The summed E-state index contributed by atoms with van der Waals surface area (Å²) in [6, 6.07) is 7.80. The van der Waals surface area contributed by atoms with Gasteiger partial charge < -0.3 is 10.1 Å². The van der Waals surface area contributed by atoms with Crippen LogP contribution in [0.25, 0.3) is 0 Å². The summed E-state index contributed by atoms with van der Waals surface area (Å²) < 4.78 is 5.19. The van der Waals surface area contributed by atoms with Crippen molar-refractivity contribution in [3.63, 3.8) is 0 Å². The number of anilines is 1. The quantitative estimate of drug-likeness (QED) is 0.451. The van der Waals surface area contributed by atoms with Gasteiger partial charge in [0.15, 0.2) is 6.61 Å². The highest BCUT2D eigenvalue weighted by Gasteiger charge is 2.61. The van der Waals surface area contributed by atoms with Crippen molar-refractivity contribution in [1.82, 2.24) is 4.90 Å². The summed E-state index contributed by atoms with van der Waals surface area (Å²) in [5.74, 6) is -2.70. The van der Waals surface area contributed by atoms with E-state index in [0.717, 1.165) is 11.3 Å². The number of fused-ring (bicyclic) bond motifs is 5. The van der Waals surface area contributed by atoms with Crippen LogP contribution in [0.3, 0.4) is 0 Å². The molecule has 2 bridgehead atoms. The molecule has 29 heavy (non-hydrogen) atoms. The van der Waals surface area contributed by atoms with Gasteiger partial charge in [0.05, 0.1) is 11.8 Å². The molecule has 4 rings (SSSR count). The Morgan fingerprint density at radius 2 is 1.66 bits per heavy atom. The highest BCUT2D eigenvalue weighted by molar-refractivity contribution is 6.09. The third kappa shape index (κ3) is 3.34. The fourth-order valence-corrected chi connectivity index (χ4v) is 4.82. The lowest BCUT2D eigenvalue weighted by Crippen LogP contribution is -2.50. The van der Waals surface area contributed by atoms with Gasteiger partial charge in [-0.15, -0.1) is 0 Å². The Bertz CT molecular complexity index is 848. The van der Waals surface area contributed by atoms with Crippen molar-refractivity contribution in [3.05, 3.63) is 42.5 Å². The predicted molar refractivity (Wildman–Crippen MR) is 104 cm³/mol. The van der Waals surface area contributed by atoms with E-state index in [2.05, 4.69) is 5.32 Å². The summed E-state index contributed by atoms with van der Waals surface area (Å²) in [6.07, 6.45) is 4.85. The lowest BCUT2D eigenvalue weighted by atomic mass is 9.85. The lowest BCUT2D eigenvalue weighted by molar-refractivity contribution is -0.162. The molecule has 152 valence electrons. The number of nitrogens with one attached hydrogen (secondary N) is 1. The number of likely N-dealkylation sites (tertiary alicyclic amines) is 1. The Hall–Kier alpha value is -2.96. The normalized spacial score (nSPS) is 28.0. The molecule has 1 aromatic carbocycles. The molecule has 1 saturated carbocycles. The van der Waals surface area contributed by atoms with Crippen molar-refractivity contribution in [2.45, 2.75) is 26.3 Å². The van der Waals surface area contributed by atoms with E-state index >= 15 is 0 Å². The van der Waals surface area contributed by atoms with Gasteiger partial charge in [0.1, 0.15) is 6.04 Å². The number of imide groups is 1. The largest absolute Gasteiger partial charge is 0.454 e. The number of carbonyl (C=O) groups excluding carboxylic acids is 4. The molecule has 3 aliphatic rings. The molecule has 0 radical (unpaired) electrons. The molecular weight excluding hydrogens is 372 g/mol. The second-order valence-electron chi connectivity index (χ2n) is 8.26. The first kappa shape index (κ1) is 19.4. The third-order valence-electron chi connectivity index (χ3n) is 6.06. The van der Waals surface area contributed by atoms with E-state index in [1.54, 1.807) is 38.1 Å². The monoisotopic (exact) mass is 396 g/mol. The van der Waals surface area contributed by atoms with Crippen molar-refractivity contribution in [3.8, 4) is 0 Å². The number of para-hydroxylation sites is 1. The first-order valence-electron chi connectivity index (χ1n) is 9.95. The van der Waals surface area contributed by atoms with E-state index in [9.17, 15) is 19.2 Å². The van der Waals surface area contributed by atoms with Gasteiger partial charge in [-0.2, -0.15) is 0 Å². The van der Waals surface area contributed by atoms with Crippen molar-refractivity contribution < 1.29 is 23.9 Å². The Balaban J connectivity index is 1.43. The first-order chi connectivity index (χ1) is 13.9. The molecule has 7 nitrogen and oxygen atoms in total. The molecule has 1 N–H and O–H groups in total. The lowest BCUT2D eigenvalue weighted by Gasteiger charge is -2.28. The smallest absolute Gasteiger partial charge is 0.330 e. The fourth-order valence-electron chi connectivity index (χ4n) is 4.82. The maximum absolute atomic E-state index is 13.0. The second-order valence-corrected chi connectivity index (χ2v) is 8.26. The molecule has 0 spiro atoms. The highest BCUT2D eigenvalue weighted by Crippen LogP contribution is 2.53. The standard InChI is InChI=1S/C22H24N2O5/c1-12(2)19(22(28)29-11-16(25)23-15-6-4-3-5-7-15)24-20(26)17-13-8-9-14(10-13)18(17)21(24)27/h3-9,12-14,17-19H,10-11H2,1-2H3,(H,23,25)/t13-,14-,17-,18-,19+/m0/s1. The van der Waals surface area contributed by atoms with Gasteiger partial charge >= 0.3 is 5.97 Å². The van der Waals surface area contributed by atoms with Gasteiger partial charge in [-0.05, 0) is 36.3 Å². The number of nitrogens with zero attached hydrogens (tertiary/aromatic N) is 1. The van der Waals surface area contributed by atoms with Crippen LogP contribution in [-0.4, -0.2) is 41.2 Å². The maximum atomic E-state index is 13.0. The third-order valence-corrected chi connectivity index (χ3v) is 6.06. The van der Waals surface area contributed by atoms with Crippen molar-refractivity contribution >= 4 is 29.4 Å². The SMILES string of the molecule is CC(C)[C@H](C(=O)OCC(=O)Nc1ccccc1)N1C(=O)[C@@H]2[C@@H](C1=O)[C@H]1C=C[C@H]2C1. The molecule has 1 aromatic rings. The molecule has 5 atom stereocenters. The van der Waals surface area contributed by atoms with Crippen molar-refractivity contribution in [1.29, 1.82) is 0 Å². The number of esters is 1. The molecule has 0 aromatic heterocycles. The van der Waals surface area contributed by atoms with Gasteiger partial charge in [-0.1, -0.05) is 44.2 Å². The summed E-state index contributed by atoms with van der Waals surface area (Å²) in [5, 5.41) is 2.63. The van der Waals surface area contributed by atoms with Crippen LogP contribution in [0.1, 0.15) is 20.3 Å². The van der Waals surface area contributed by atoms with Crippen LogP contribution in [0.4, 0.5) is 5.69 Å². The molecule has 0 unspecified atom stereocenters. The van der Waals surface area contributed by atoms with E-state index in [1.165, 1.54) is 0 Å². The minimum absolute atomic E-state index is 0.0759. The number of allylic oxidation sites excluding steroid dienone is 2. The van der Waals surface area contributed by atoms with Gasteiger partial charge in [0.2, 0.25) is 11.8 Å². The molecule has 1 heterocycles. The molecule has 1 saturated heterocycles. The average Bonchev–Trinajstić information content (AvgIpc) is 3.37. The van der Waals surface area contributed by atoms with Crippen LogP contribution in [0, 0.1) is 29.6 Å². The fraction of sp³-hybridized carbons (Fsp3) is 0.455. The molecule has 2 aliphatic carbocycles. The van der Waals surface area contributed by atoms with Crippen LogP contribution in [0.5, 0.6) is 0 Å². The summed E-state index contributed by atoms with van der Waals surface area (Å²) in [4.78, 5) is 51.9. The van der Waals surface area contributed by atoms with E-state index in [0.29, 0.717) is 5.69 Å². The molecule has 1 aliphatic heterocycles. The highest BCUT2D eigenvalue weighted by atomic mass is 16.5. The van der Waals surface area contributed by atoms with E-state index in [1.807, 2.05) is 18.2 Å². The number of amides is 3. The number of benzene rings is 1. The number of hydrogen-bond donors (Lipinski definition) is 1. The molecule has 7 heteroatoms. The minimum atomic E-state index is -1.02.